The zero-order chi connectivity index (χ0) is 30.6. The molecule has 0 spiro atoms. The van der Waals surface area contributed by atoms with Crippen molar-refractivity contribution >= 4 is 5.91 Å². The first-order chi connectivity index (χ1) is 19.1. The maximum atomic E-state index is 14.8. The molecule has 11 heteroatoms. The molecule has 0 fully saturated rings. The van der Waals surface area contributed by atoms with Crippen LogP contribution in [0.2, 0.25) is 0 Å². The van der Waals surface area contributed by atoms with E-state index in [9.17, 15) is 27.5 Å². The van der Waals surface area contributed by atoms with Crippen molar-refractivity contribution < 1.29 is 27.5 Å². The number of hydrogen-bond acceptors (Lipinski definition) is 5. The Morgan fingerprint density at radius 1 is 1.10 bits per heavy atom. The Kier molecular flexibility index (Phi) is 10.3. The molecule has 1 amide bonds. The summed E-state index contributed by atoms with van der Waals surface area (Å²) in [5.74, 6) is -1.73. The lowest BCUT2D eigenvalue weighted by Crippen LogP contribution is -2.48. The lowest BCUT2D eigenvalue weighted by molar-refractivity contribution is -0.145. The first kappa shape index (κ1) is 32.2. The van der Waals surface area contributed by atoms with Gasteiger partial charge in [-0.25, -0.2) is 27.2 Å². The Hall–Kier alpha value is -3.31. The summed E-state index contributed by atoms with van der Waals surface area (Å²) >= 11 is 0. The van der Waals surface area contributed by atoms with Crippen molar-refractivity contribution in [2.45, 2.75) is 85.0 Å². The molecule has 7 nitrogen and oxygen atoms in total. The average Bonchev–Trinajstić information content (AvgIpc) is 3.28. The molecule has 0 bridgehead atoms. The van der Waals surface area contributed by atoms with Crippen molar-refractivity contribution in [3.8, 4) is 11.4 Å². The van der Waals surface area contributed by atoms with Crippen molar-refractivity contribution in [3.63, 3.8) is 0 Å². The predicted molar refractivity (Wildman–Crippen MR) is 149 cm³/mol. The van der Waals surface area contributed by atoms with Crippen LogP contribution in [-0.4, -0.2) is 55.8 Å². The summed E-state index contributed by atoms with van der Waals surface area (Å²) in [7, 11) is 0. The van der Waals surface area contributed by atoms with Gasteiger partial charge in [-0.1, -0.05) is 58.9 Å². The van der Waals surface area contributed by atoms with E-state index in [0.717, 1.165) is 29.3 Å². The van der Waals surface area contributed by atoms with Gasteiger partial charge in [0.1, 0.15) is 17.7 Å². The van der Waals surface area contributed by atoms with E-state index in [0.29, 0.717) is 0 Å². The number of amides is 1. The molecule has 0 unspecified atom stereocenters. The van der Waals surface area contributed by atoms with E-state index in [1.165, 1.54) is 16.5 Å². The molecule has 3 N–H and O–H groups in total. The van der Waals surface area contributed by atoms with Gasteiger partial charge >= 0.3 is 0 Å². The molecule has 1 aromatic heterocycles. The molecule has 3 rings (SSSR count). The van der Waals surface area contributed by atoms with E-state index in [1.807, 2.05) is 45.0 Å². The minimum Gasteiger partial charge on any atom is -0.384 e. The van der Waals surface area contributed by atoms with Crippen LogP contribution in [0.1, 0.15) is 76.9 Å². The van der Waals surface area contributed by atoms with Crippen LogP contribution in [0, 0.1) is 17.0 Å². The first-order valence-corrected chi connectivity index (χ1v) is 13.6. The normalized spacial score (nSPS) is 14.4. The number of alkyl halides is 2. The molecular weight excluding hydrogens is 538 g/mol. The van der Waals surface area contributed by atoms with Gasteiger partial charge in [0.2, 0.25) is 0 Å². The molecule has 0 radical (unpaired) electrons. The smallest absolute Gasteiger partial charge is 0.253 e. The van der Waals surface area contributed by atoms with Crippen LogP contribution >= 0.6 is 0 Å². The van der Waals surface area contributed by atoms with Crippen LogP contribution < -0.4 is 5.73 Å². The highest BCUT2D eigenvalue weighted by molar-refractivity contribution is 5.80. The molecule has 2 aromatic carbocycles. The van der Waals surface area contributed by atoms with Gasteiger partial charge in [-0.15, -0.1) is 0 Å². The molecular formula is C30H39F4N5O2. The van der Waals surface area contributed by atoms with E-state index in [1.54, 1.807) is 0 Å². The van der Waals surface area contributed by atoms with Crippen molar-refractivity contribution in [1.29, 1.82) is 0 Å². The first-order valence-electron chi connectivity index (χ1n) is 13.6. The lowest BCUT2D eigenvalue weighted by atomic mass is 9.84. The summed E-state index contributed by atoms with van der Waals surface area (Å²) in [5, 5.41) is 14.8. The highest BCUT2D eigenvalue weighted by atomic mass is 19.3. The molecule has 0 saturated carbocycles. The van der Waals surface area contributed by atoms with Crippen LogP contribution in [0.5, 0.6) is 0 Å². The second kappa shape index (κ2) is 13.1. The molecule has 41 heavy (non-hydrogen) atoms. The third kappa shape index (κ3) is 7.91. The number of carbonyl (C=O) groups excluding carboxylic acids is 1. The number of rotatable bonds is 11. The second-order valence-electron chi connectivity index (χ2n) is 11.7. The maximum absolute atomic E-state index is 14.8. The van der Waals surface area contributed by atoms with E-state index in [2.05, 4.69) is 23.9 Å². The minimum atomic E-state index is -2.80. The summed E-state index contributed by atoms with van der Waals surface area (Å²) in [4.78, 5) is 19.2. The van der Waals surface area contributed by atoms with Gasteiger partial charge in [-0.3, -0.25) is 4.79 Å². The van der Waals surface area contributed by atoms with Crippen molar-refractivity contribution in [3.05, 3.63) is 71.1 Å². The average molecular weight is 578 g/mol. The Morgan fingerprint density at radius 3 is 2.37 bits per heavy atom. The van der Waals surface area contributed by atoms with E-state index < -0.39 is 47.6 Å². The summed E-state index contributed by atoms with van der Waals surface area (Å²) < 4.78 is 57.1. The van der Waals surface area contributed by atoms with Crippen LogP contribution in [-0.2, 0) is 11.3 Å². The summed E-state index contributed by atoms with van der Waals surface area (Å²) in [5.41, 5.74) is 6.62. The van der Waals surface area contributed by atoms with Crippen molar-refractivity contribution in [2.24, 2.45) is 11.1 Å². The van der Waals surface area contributed by atoms with E-state index >= 15 is 0 Å². The minimum absolute atomic E-state index is 0.0972. The van der Waals surface area contributed by atoms with E-state index in [4.69, 9.17) is 5.73 Å². The Labute approximate surface area is 238 Å². The third-order valence-electron chi connectivity index (χ3n) is 6.86. The van der Waals surface area contributed by atoms with Gasteiger partial charge in [0.25, 0.3) is 12.3 Å². The van der Waals surface area contributed by atoms with Crippen LogP contribution in [0.25, 0.3) is 11.4 Å². The molecule has 3 aromatic rings. The number of halogens is 4. The molecule has 0 aliphatic carbocycles. The topological polar surface area (TPSA) is 97.3 Å². The predicted octanol–water partition coefficient (Wildman–Crippen LogP) is 5.67. The maximum Gasteiger partial charge on any atom is 0.253 e. The fourth-order valence-electron chi connectivity index (χ4n) is 4.69. The van der Waals surface area contributed by atoms with Crippen molar-refractivity contribution in [1.82, 2.24) is 19.7 Å². The molecule has 0 aliphatic heterocycles. The number of aliphatic hydroxyl groups is 1. The standard InChI is InChI=1S/C30H39F4N5O2/c1-17(2)20-9-7-8-19(14-20)16-39-28(36-27(37-39)22-15-21(31)10-11-23(22)32)25(30(4,5)6)38(29(41)18(3)40)13-12-24(35)26(33)34/h7-11,14-15,17-18,24-26,40H,12-13,16,35H2,1-6H3/t18-,24+,25-/m0/s1. The number of benzene rings is 2. The summed E-state index contributed by atoms with van der Waals surface area (Å²) in [6, 6.07) is 8.37. The van der Waals surface area contributed by atoms with Crippen molar-refractivity contribution in [2.75, 3.05) is 6.54 Å². The highest BCUT2D eigenvalue weighted by Gasteiger charge is 2.40. The molecule has 0 aliphatic rings. The fourth-order valence-corrected chi connectivity index (χ4v) is 4.69. The Morgan fingerprint density at radius 2 is 1.78 bits per heavy atom. The Balaban J connectivity index is 2.23. The van der Waals surface area contributed by atoms with Crippen LogP contribution in [0.15, 0.2) is 42.5 Å². The second-order valence-corrected chi connectivity index (χ2v) is 11.7. The lowest BCUT2D eigenvalue weighted by Gasteiger charge is -2.40. The summed E-state index contributed by atoms with van der Waals surface area (Å²) in [6.07, 6.45) is -4.48. The van der Waals surface area contributed by atoms with Crippen LogP contribution in [0.3, 0.4) is 0 Å². The number of hydrogen-bond donors (Lipinski definition) is 2. The number of nitrogens with two attached hydrogens (primary N) is 1. The highest BCUT2D eigenvalue weighted by Crippen LogP contribution is 2.39. The van der Waals surface area contributed by atoms with Gasteiger partial charge in [-0.2, -0.15) is 5.10 Å². The molecule has 0 saturated heterocycles. The Bertz CT molecular complexity index is 1340. The zero-order valence-corrected chi connectivity index (χ0v) is 24.3. The third-order valence-corrected chi connectivity index (χ3v) is 6.86. The fraction of sp³-hybridized carbons (Fsp3) is 0.500. The number of aromatic nitrogens is 3. The van der Waals surface area contributed by atoms with Gasteiger partial charge in [0.15, 0.2) is 11.6 Å². The summed E-state index contributed by atoms with van der Waals surface area (Å²) in [6.45, 7) is 10.9. The quantitative estimate of drug-likeness (QED) is 0.286. The SMILES string of the molecule is CC(C)c1cccc(Cn2nc(-c3cc(F)ccc3F)nc2[C@H](N(CC[C@@H](N)C(F)F)C(=O)[C@H](C)O)C(C)(C)C)c1. The number of carbonyl (C=O) groups is 1. The van der Waals surface area contributed by atoms with Gasteiger partial charge in [0.05, 0.1) is 24.2 Å². The number of aliphatic hydroxyl groups excluding tert-OH is 1. The van der Waals surface area contributed by atoms with Gasteiger partial charge < -0.3 is 15.7 Å². The monoisotopic (exact) mass is 577 g/mol. The largest absolute Gasteiger partial charge is 0.384 e. The molecule has 1 heterocycles. The zero-order valence-electron chi connectivity index (χ0n) is 24.3. The van der Waals surface area contributed by atoms with E-state index in [-0.39, 0.29) is 42.6 Å². The number of nitrogens with zero attached hydrogens (tertiary/aromatic N) is 4. The molecule has 224 valence electrons. The van der Waals surface area contributed by atoms with Gasteiger partial charge in [0, 0.05) is 6.54 Å². The van der Waals surface area contributed by atoms with Crippen LogP contribution in [0.4, 0.5) is 17.6 Å². The molecule has 3 atom stereocenters. The van der Waals surface area contributed by atoms with Gasteiger partial charge in [-0.05, 0) is 54.0 Å².